The van der Waals surface area contributed by atoms with E-state index in [4.69, 9.17) is 11.6 Å². The Kier molecular flexibility index (Phi) is 4.04. The van der Waals surface area contributed by atoms with Gasteiger partial charge < -0.3 is 5.32 Å². The Morgan fingerprint density at radius 2 is 2.17 bits per heavy atom. The summed E-state index contributed by atoms with van der Waals surface area (Å²) in [7, 11) is 0. The average Bonchev–Trinajstić information content (AvgIpc) is 2.66. The second kappa shape index (κ2) is 5.55. The molecule has 0 aliphatic rings. The van der Waals surface area contributed by atoms with E-state index >= 15 is 0 Å². The molecule has 1 aromatic heterocycles. The van der Waals surface area contributed by atoms with Crippen LogP contribution < -0.4 is 5.32 Å². The zero-order valence-corrected chi connectivity index (χ0v) is 11.7. The van der Waals surface area contributed by atoms with E-state index in [0.29, 0.717) is 0 Å². The lowest BCUT2D eigenvalue weighted by molar-refractivity contribution is 0.572. The van der Waals surface area contributed by atoms with Crippen LogP contribution >= 0.6 is 11.6 Å². The Bertz CT molecular complexity index is 514. The predicted octanol–water partition coefficient (Wildman–Crippen LogP) is 3.53. The summed E-state index contributed by atoms with van der Waals surface area (Å²) >= 11 is 6.00. The summed E-state index contributed by atoms with van der Waals surface area (Å²) < 4.78 is 0. The van der Waals surface area contributed by atoms with Crippen LogP contribution in [0.2, 0.25) is 5.02 Å². The second-order valence-corrected chi connectivity index (χ2v) is 5.01. The van der Waals surface area contributed by atoms with Crippen LogP contribution in [0.1, 0.15) is 35.5 Å². The fourth-order valence-corrected chi connectivity index (χ4v) is 2.18. The Labute approximate surface area is 113 Å². The van der Waals surface area contributed by atoms with Crippen LogP contribution in [-0.2, 0) is 6.54 Å². The third kappa shape index (κ3) is 2.92. The van der Waals surface area contributed by atoms with Crippen molar-refractivity contribution in [3.05, 3.63) is 51.8 Å². The quantitative estimate of drug-likeness (QED) is 0.886. The van der Waals surface area contributed by atoms with Crippen LogP contribution in [0.15, 0.2) is 24.3 Å². The van der Waals surface area contributed by atoms with Gasteiger partial charge in [-0.2, -0.15) is 5.10 Å². The van der Waals surface area contributed by atoms with Crippen molar-refractivity contribution in [2.75, 3.05) is 0 Å². The van der Waals surface area contributed by atoms with Gasteiger partial charge in [-0.15, -0.1) is 0 Å². The normalized spacial score (nSPS) is 12.7. The molecule has 2 rings (SSSR count). The minimum Gasteiger partial charge on any atom is -0.306 e. The van der Waals surface area contributed by atoms with Gasteiger partial charge in [0.15, 0.2) is 0 Å². The highest BCUT2D eigenvalue weighted by Crippen LogP contribution is 2.18. The number of nitrogens with one attached hydrogen (secondary N) is 2. The number of halogens is 1. The molecule has 96 valence electrons. The summed E-state index contributed by atoms with van der Waals surface area (Å²) in [6.45, 7) is 7.00. The van der Waals surface area contributed by atoms with E-state index in [1.54, 1.807) is 0 Å². The van der Waals surface area contributed by atoms with E-state index < -0.39 is 0 Å². The molecular formula is C14H18ClN3. The number of aromatic amines is 1. The van der Waals surface area contributed by atoms with Gasteiger partial charge >= 0.3 is 0 Å². The monoisotopic (exact) mass is 263 g/mol. The molecule has 0 unspecified atom stereocenters. The molecular weight excluding hydrogens is 246 g/mol. The topological polar surface area (TPSA) is 40.7 Å². The zero-order chi connectivity index (χ0) is 13.1. The zero-order valence-electron chi connectivity index (χ0n) is 10.9. The van der Waals surface area contributed by atoms with Crippen LogP contribution in [-0.4, -0.2) is 10.2 Å². The van der Waals surface area contributed by atoms with E-state index in [2.05, 4.69) is 28.5 Å². The Hall–Kier alpha value is -1.32. The SMILES string of the molecule is Cc1n[nH]c(C)c1CN[C@@H](C)c1cccc(Cl)c1. The molecule has 18 heavy (non-hydrogen) atoms. The third-order valence-corrected chi connectivity index (χ3v) is 3.45. The molecule has 0 aliphatic heterocycles. The fourth-order valence-electron chi connectivity index (χ4n) is 1.98. The Morgan fingerprint density at radius 1 is 1.39 bits per heavy atom. The minimum atomic E-state index is 0.261. The molecule has 0 aliphatic carbocycles. The average molecular weight is 264 g/mol. The van der Waals surface area contributed by atoms with Gasteiger partial charge in [0.05, 0.1) is 5.69 Å². The molecule has 0 bridgehead atoms. The first-order valence-corrected chi connectivity index (χ1v) is 6.45. The van der Waals surface area contributed by atoms with E-state index in [-0.39, 0.29) is 6.04 Å². The second-order valence-electron chi connectivity index (χ2n) is 4.57. The van der Waals surface area contributed by atoms with Crippen molar-refractivity contribution in [1.82, 2.24) is 15.5 Å². The molecule has 0 saturated heterocycles. The van der Waals surface area contributed by atoms with E-state index in [1.165, 1.54) is 11.1 Å². The standard InChI is InChI=1S/C14H18ClN3/c1-9(12-5-4-6-13(15)7-12)16-8-14-10(2)17-18-11(14)3/h4-7,9,16H,8H2,1-3H3,(H,17,18)/t9-/m0/s1. The molecule has 0 amide bonds. The van der Waals surface area contributed by atoms with Crippen LogP contribution in [0.25, 0.3) is 0 Å². The van der Waals surface area contributed by atoms with Crippen LogP contribution in [0.5, 0.6) is 0 Å². The molecule has 3 nitrogen and oxygen atoms in total. The Balaban J connectivity index is 2.02. The van der Waals surface area contributed by atoms with Crippen LogP contribution in [0.3, 0.4) is 0 Å². The highest BCUT2D eigenvalue weighted by Gasteiger charge is 2.09. The summed E-state index contributed by atoms with van der Waals surface area (Å²) in [6, 6.07) is 8.21. The van der Waals surface area contributed by atoms with Gasteiger partial charge in [0.1, 0.15) is 0 Å². The molecule has 2 aromatic rings. The van der Waals surface area contributed by atoms with E-state index in [0.717, 1.165) is 23.0 Å². The number of hydrogen-bond donors (Lipinski definition) is 2. The smallest absolute Gasteiger partial charge is 0.0638 e. The minimum absolute atomic E-state index is 0.261. The lowest BCUT2D eigenvalue weighted by Crippen LogP contribution is -2.18. The highest BCUT2D eigenvalue weighted by atomic mass is 35.5. The summed E-state index contributed by atoms with van der Waals surface area (Å²) in [4.78, 5) is 0. The van der Waals surface area contributed by atoms with Crippen molar-refractivity contribution >= 4 is 11.6 Å². The van der Waals surface area contributed by atoms with Crippen LogP contribution in [0.4, 0.5) is 0 Å². The molecule has 0 fully saturated rings. The number of hydrogen-bond acceptors (Lipinski definition) is 2. The number of nitrogens with zero attached hydrogens (tertiary/aromatic N) is 1. The van der Waals surface area contributed by atoms with Crippen molar-refractivity contribution in [2.45, 2.75) is 33.4 Å². The van der Waals surface area contributed by atoms with Gasteiger partial charge in [-0.05, 0) is 38.5 Å². The van der Waals surface area contributed by atoms with Crippen LogP contribution in [0, 0.1) is 13.8 Å². The molecule has 4 heteroatoms. The maximum absolute atomic E-state index is 6.00. The summed E-state index contributed by atoms with van der Waals surface area (Å²) in [5, 5.41) is 11.5. The molecule has 0 radical (unpaired) electrons. The number of H-pyrrole nitrogens is 1. The molecule has 1 atom stereocenters. The summed E-state index contributed by atoms with van der Waals surface area (Å²) in [6.07, 6.45) is 0. The summed E-state index contributed by atoms with van der Waals surface area (Å²) in [5.41, 5.74) is 4.61. The van der Waals surface area contributed by atoms with Crippen molar-refractivity contribution in [2.24, 2.45) is 0 Å². The molecule has 0 spiro atoms. The van der Waals surface area contributed by atoms with Crippen molar-refractivity contribution < 1.29 is 0 Å². The van der Waals surface area contributed by atoms with Gasteiger partial charge in [0, 0.05) is 28.9 Å². The van der Waals surface area contributed by atoms with Crippen molar-refractivity contribution in [1.29, 1.82) is 0 Å². The molecule has 2 N–H and O–H groups in total. The highest BCUT2D eigenvalue weighted by molar-refractivity contribution is 6.30. The third-order valence-electron chi connectivity index (χ3n) is 3.21. The van der Waals surface area contributed by atoms with Gasteiger partial charge in [-0.1, -0.05) is 23.7 Å². The largest absolute Gasteiger partial charge is 0.306 e. The molecule has 0 saturated carbocycles. The molecule has 1 aromatic carbocycles. The summed E-state index contributed by atoms with van der Waals surface area (Å²) in [5.74, 6) is 0. The van der Waals surface area contributed by atoms with Crippen molar-refractivity contribution in [3.8, 4) is 0 Å². The number of benzene rings is 1. The van der Waals surface area contributed by atoms with Gasteiger partial charge in [0.25, 0.3) is 0 Å². The van der Waals surface area contributed by atoms with Gasteiger partial charge in [-0.3, -0.25) is 5.10 Å². The first-order chi connectivity index (χ1) is 8.58. The lowest BCUT2D eigenvalue weighted by Gasteiger charge is -2.14. The predicted molar refractivity (Wildman–Crippen MR) is 74.8 cm³/mol. The van der Waals surface area contributed by atoms with E-state index in [9.17, 15) is 0 Å². The number of aromatic nitrogens is 2. The van der Waals surface area contributed by atoms with E-state index in [1.807, 2.05) is 32.0 Å². The Morgan fingerprint density at radius 3 is 2.78 bits per heavy atom. The first-order valence-electron chi connectivity index (χ1n) is 6.07. The van der Waals surface area contributed by atoms with Gasteiger partial charge in [0.2, 0.25) is 0 Å². The van der Waals surface area contributed by atoms with Gasteiger partial charge in [-0.25, -0.2) is 0 Å². The fraction of sp³-hybridized carbons (Fsp3) is 0.357. The molecule has 1 heterocycles. The van der Waals surface area contributed by atoms with Crippen molar-refractivity contribution in [3.63, 3.8) is 0 Å². The first kappa shape index (κ1) is 13.1. The number of aryl methyl sites for hydroxylation is 2. The maximum atomic E-state index is 6.00. The number of rotatable bonds is 4. The lowest BCUT2D eigenvalue weighted by atomic mass is 10.1. The maximum Gasteiger partial charge on any atom is 0.0638 e.